The first-order valence-electron chi connectivity index (χ1n) is 9.86. The van der Waals surface area contributed by atoms with Crippen LogP contribution in [0.2, 0.25) is 5.02 Å². The van der Waals surface area contributed by atoms with Crippen molar-refractivity contribution in [2.24, 2.45) is 0 Å². The number of ether oxygens (including phenoxy) is 1. The molecule has 2 aromatic heterocycles. The second-order valence-corrected chi connectivity index (χ2v) is 8.71. The van der Waals surface area contributed by atoms with Crippen molar-refractivity contribution in [3.05, 3.63) is 77.7 Å². The number of carbonyl (C=O) groups excluding carboxylic acids is 1. The first-order valence-corrected chi connectivity index (χ1v) is 11.1. The summed E-state index contributed by atoms with van der Waals surface area (Å²) in [6.45, 7) is 2.25. The maximum atomic E-state index is 12.7. The van der Waals surface area contributed by atoms with Gasteiger partial charge in [-0.15, -0.1) is 10.2 Å². The van der Waals surface area contributed by atoms with Crippen LogP contribution in [0, 0.1) is 0 Å². The summed E-state index contributed by atoms with van der Waals surface area (Å²) < 4.78 is 12.8. The van der Waals surface area contributed by atoms with Crippen LogP contribution in [0.15, 0.2) is 76.5 Å². The summed E-state index contributed by atoms with van der Waals surface area (Å²) in [4.78, 5) is 12.7. The molecule has 0 bridgehead atoms. The van der Waals surface area contributed by atoms with E-state index in [0.29, 0.717) is 28.2 Å². The maximum Gasteiger partial charge on any atom is 0.237 e. The van der Waals surface area contributed by atoms with E-state index in [1.54, 1.807) is 37.6 Å². The van der Waals surface area contributed by atoms with Gasteiger partial charge in [0.05, 0.1) is 25.2 Å². The summed E-state index contributed by atoms with van der Waals surface area (Å²) >= 11 is 7.33. The molecule has 0 saturated carbocycles. The van der Waals surface area contributed by atoms with Gasteiger partial charge in [0.25, 0.3) is 0 Å². The molecule has 7 nitrogen and oxygen atoms in total. The predicted octanol–water partition coefficient (Wildman–Crippen LogP) is 5.37. The van der Waals surface area contributed by atoms with E-state index in [0.717, 1.165) is 17.1 Å². The molecule has 0 aliphatic heterocycles. The van der Waals surface area contributed by atoms with Crippen molar-refractivity contribution < 1.29 is 13.9 Å². The molecule has 4 aromatic rings. The standard InChI is InChI=1S/C23H21ClN4O3S/c1-15(22(29)25-18-8-4-7-17(24)13-18)32-23-27-26-21(16-6-3-9-19(12-16)30-2)28(23)14-20-10-5-11-31-20/h3-13,15H,14H2,1-2H3,(H,25,29). The zero-order chi connectivity index (χ0) is 22.5. The van der Waals surface area contributed by atoms with Crippen LogP contribution >= 0.6 is 23.4 Å². The molecule has 0 aliphatic rings. The van der Waals surface area contributed by atoms with Crippen LogP contribution in [0.4, 0.5) is 5.69 Å². The molecular formula is C23H21ClN4O3S. The summed E-state index contributed by atoms with van der Waals surface area (Å²) in [6, 6.07) is 18.4. The van der Waals surface area contributed by atoms with Crippen LogP contribution in [0.3, 0.4) is 0 Å². The van der Waals surface area contributed by atoms with Gasteiger partial charge < -0.3 is 14.5 Å². The van der Waals surface area contributed by atoms with Crippen LogP contribution in [-0.4, -0.2) is 33.0 Å². The van der Waals surface area contributed by atoms with E-state index in [2.05, 4.69) is 15.5 Å². The lowest BCUT2D eigenvalue weighted by Gasteiger charge is -2.13. The Morgan fingerprint density at radius 1 is 1.19 bits per heavy atom. The van der Waals surface area contributed by atoms with Crippen molar-refractivity contribution in [2.45, 2.75) is 23.9 Å². The topological polar surface area (TPSA) is 82.2 Å². The second kappa shape index (κ2) is 9.93. The highest BCUT2D eigenvalue weighted by atomic mass is 35.5. The Hall–Kier alpha value is -3.23. The Bertz CT molecular complexity index is 1210. The van der Waals surface area contributed by atoms with Gasteiger partial charge in [0.2, 0.25) is 5.91 Å². The van der Waals surface area contributed by atoms with Gasteiger partial charge in [0, 0.05) is 16.3 Å². The van der Waals surface area contributed by atoms with E-state index in [1.165, 1.54) is 11.8 Å². The van der Waals surface area contributed by atoms with E-state index in [-0.39, 0.29) is 5.91 Å². The first-order chi connectivity index (χ1) is 15.5. The first kappa shape index (κ1) is 22.0. The molecule has 2 heterocycles. The van der Waals surface area contributed by atoms with E-state index >= 15 is 0 Å². The number of amides is 1. The molecule has 4 rings (SSSR count). The van der Waals surface area contributed by atoms with Gasteiger partial charge in [0.15, 0.2) is 11.0 Å². The van der Waals surface area contributed by atoms with Crippen molar-refractivity contribution in [1.29, 1.82) is 0 Å². The van der Waals surface area contributed by atoms with Gasteiger partial charge in [-0.2, -0.15) is 0 Å². The lowest BCUT2D eigenvalue weighted by molar-refractivity contribution is -0.115. The monoisotopic (exact) mass is 468 g/mol. The number of halogens is 1. The average molecular weight is 469 g/mol. The van der Waals surface area contributed by atoms with Crippen LogP contribution in [0.5, 0.6) is 5.75 Å². The number of thioether (sulfide) groups is 1. The largest absolute Gasteiger partial charge is 0.497 e. The number of hydrogen-bond donors (Lipinski definition) is 1. The third-order valence-corrected chi connectivity index (χ3v) is 6.00. The van der Waals surface area contributed by atoms with Gasteiger partial charge in [-0.1, -0.05) is 41.6 Å². The quantitative estimate of drug-likeness (QED) is 0.350. The molecule has 2 aromatic carbocycles. The van der Waals surface area contributed by atoms with E-state index in [9.17, 15) is 4.79 Å². The van der Waals surface area contributed by atoms with Crippen molar-refractivity contribution in [3.8, 4) is 17.1 Å². The SMILES string of the molecule is COc1cccc(-c2nnc(SC(C)C(=O)Nc3cccc(Cl)c3)n2Cc2ccco2)c1. The number of nitrogens with zero attached hydrogens (tertiary/aromatic N) is 3. The molecule has 0 spiro atoms. The third kappa shape index (κ3) is 5.15. The lowest BCUT2D eigenvalue weighted by atomic mass is 10.2. The summed E-state index contributed by atoms with van der Waals surface area (Å²) in [5.41, 5.74) is 1.50. The molecule has 1 atom stereocenters. The Morgan fingerprint density at radius 2 is 2.03 bits per heavy atom. The molecule has 32 heavy (non-hydrogen) atoms. The van der Waals surface area contributed by atoms with Gasteiger partial charge in [-0.25, -0.2) is 0 Å². The summed E-state index contributed by atoms with van der Waals surface area (Å²) in [7, 11) is 1.62. The number of hydrogen-bond acceptors (Lipinski definition) is 6. The maximum absolute atomic E-state index is 12.7. The Balaban J connectivity index is 1.59. The number of carbonyl (C=O) groups is 1. The fourth-order valence-corrected chi connectivity index (χ4v) is 4.11. The van der Waals surface area contributed by atoms with Crippen molar-refractivity contribution >= 4 is 35.0 Å². The Morgan fingerprint density at radius 3 is 2.78 bits per heavy atom. The molecule has 1 N–H and O–H groups in total. The predicted molar refractivity (Wildman–Crippen MR) is 125 cm³/mol. The normalized spacial score (nSPS) is 11.8. The number of aromatic nitrogens is 3. The van der Waals surface area contributed by atoms with Gasteiger partial charge in [-0.05, 0) is 49.4 Å². The molecule has 1 amide bonds. The summed E-state index contributed by atoms with van der Waals surface area (Å²) in [5.74, 6) is 1.98. The molecule has 0 fully saturated rings. The van der Waals surface area contributed by atoms with E-state index in [1.807, 2.05) is 47.9 Å². The van der Waals surface area contributed by atoms with Gasteiger partial charge >= 0.3 is 0 Å². The average Bonchev–Trinajstić information content (AvgIpc) is 3.44. The van der Waals surface area contributed by atoms with E-state index in [4.69, 9.17) is 20.8 Å². The molecule has 0 aliphatic carbocycles. The fourth-order valence-electron chi connectivity index (χ4n) is 3.07. The third-order valence-electron chi connectivity index (χ3n) is 4.68. The highest BCUT2D eigenvalue weighted by Crippen LogP contribution is 2.30. The number of rotatable bonds is 8. The lowest BCUT2D eigenvalue weighted by Crippen LogP contribution is -2.23. The van der Waals surface area contributed by atoms with Crippen molar-refractivity contribution in [1.82, 2.24) is 14.8 Å². The van der Waals surface area contributed by atoms with Crippen LogP contribution in [0.1, 0.15) is 12.7 Å². The highest BCUT2D eigenvalue weighted by Gasteiger charge is 2.22. The highest BCUT2D eigenvalue weighted by molar-refractivity contribution is 8.00. The molecule has 0 radical (unpaired) electrons. The van der Waals surface area contributed by atoms with Crippen LogP contribution in [0.25, 0.3) is 11.4 Å². The molecule has 0 saturated heterocycles. The molecule has 9 heteroatoms. The zero-order valence-corrected chi connectivity index (χ0v) is 19.1. The Labute approximate surface area is 194 Å². The Kier molecular flexibility index (Phi) is 6.82. The van der Waals surface area contributed by atoms with Crippen molar-refractivity contribution in [3.63, 3.8) is 0 Å². The summed E-state index contributed by atoms with van der Waals surface area (Å²) in [6.07, 6.45) is 1.62. The van der Waals surface area contributed by atoms with Crippen LogP contribution < -0.4 is 10.1 Å². The zero-order valence-electron chi connectivity index (χ0n) is 17.5. The van der Waals surface area contributed by atoms with Crippen molar-refractivity contribution in [2.75, 3.05) is 12.4 Å². The summed E-state index contributed by atoms with van der Waals surface area (Å²) in [5, 5.41) is 12.4. The molecule has 164 valence electrons. The molecule has 1 unspecified atom stereocenters. The minimum Gasteiger partial charge on any atom is -0.497 e. The number of methoxy groups -OCH3 is 1. The number of benzene rings is 2. The number of anilines is 1. The number of nitrogens with one attached hydrogen (secondary N) is 1. The number of furan rings is 1. The fraction of sp³-hybridized carbons (Fsp3) is 0.174. The van der Waals surface area contributed by atoms with Gasteiger partial charge in [0.1, 0.15) is 11.5 Å². The molecular weight excluding hydrogens is 448 g/mol. The minimum atomic E-state index is -0.424. The van der Waals surface area contributed by atoms with Crippen LogP contribution in [-0.2, 0) is 11.3 Å². The second-order valence-electron chi connectivity index (χ2n) is 6.96. The van der Waals surface area contributed by atoms with E-state index < -0.39 is 5.25 Å². The smallest absolute Gasteiger partial charge is 0.237 e. The van der Waals surface area contributed by atoms with Gasteiger partial charge in [-0.3, -0.25) is 9.36 Å². The minimum absolute atomic E-state index is 0.159.